The van der Waals surface area contributed by atoms with E-state index in [2.05, 4.69) is 20.5 Å². The Hall–Kier alpha value is -2.59. The Morgan fingerprint density at radius 2 is 2.08 bits per heavy atom. The lowest BCUT2D eigenvalue weighted by Crippen LogP contribution is -2.37. The maximum atomic E-state index is 12.2. The first-order chi connectivity index (χ1) is 12.2. The number of ether oxygens (including phenoxy) is 2. The van der Waals surface area contributed by atoms with Crippen molar-refractivity contribution in [3.05, 3.63) is 28.9 Å². The minimum absolute atomic E-state index is 0.163. The Labute approximate surface area is 148 Å². The van der Waals surface area contributed by atoms with Crippen LogP contribution < -0.4 is 10.2 Å². The van der Waals surface area contributed by atoms with Crippen molar-refractivity contribution in [1.82, 2.24) is 15.2 Å². The molecule has 1 aliphatic rings. The molecule has 0 spiro atoms. The largest absolute Gasteiger partial charge is 0.461 e. The Morgan fingerprint density at radius 1 is 1.28 bits per heavy atom. The highest BCUT2D eigenvalue weighted by Gasteiger charge is 2.17. The highest BCUT2D eigenvalue weighted by molar-refractivity contribution is 7.14. The van der Waals surface area contributed by atoms with Crippen LogP contribution in [-0.4, -0.2) is 60.0 Å². The number of amides is 1. The van der Waals surface area contributed by atoms with E-state index in [0.717, 1.165) is 24.4 Å². The molecule has 3 heterocycles. The predicted molar refractivity (Wildman–Crippen MR) is 91.1 cm³/mol. The van der Waals surface area contributed by atoms with E-state index >= 15 is 0 Å². The number of nitrogens with zero attached hydrogens (tertiary/aromatic N) is 4. The molecule has 0 atom stereocenters. The van der Waals surface area contributed by atoms with E-state index in [-0.39, 0.29) is 18.0 Å². The number of anilines is 2. The third kappa shape index (κ3) is 4.28. The van der Waals surface area contributed by atoms with Crippen molar-refractivity contribution in [2.45, 2.75) is 6.92 Å². The van der Waals surface area contributed by atoms with Crippen LogP contribution in [0.1, 0.15) is 27.9 Å². The number of carbonyl (C=O) groups excluding carboxylic acids is 2. The van der Waals surface area contributed by atoms with Crippen LogP contribution in [0.15, 0.2) is 17.5 Å². The second-order valence-corrected chi connectivity index (χ2v) is 5.95. The van der Waals surface area contributed by atoms with Crippen LogP contribution in [0.3, 0.4) is 0 Å². The lowest BCUT2D eigenvalue weighted by atomic mass is 10.3. The third-order valence-electron chi connectivity index (χ3n) is 3.43. The summed E-state index contributed by atoms with van der Waals surface area (Å²) in [6.45, 7) is 4.77. The summed E-state index contributed by atoms with van der Waals surface area (Å²) < 4.78 is 10.1. The Kier molecular flexibility index (Phi) is 5.51. The van der Waals surface area contributed by atoms with Gasteiger partial charge >= 0.3 is 5.97 Å². The molecule has 132 valence electrons. The summed E-state index contributed by atoms with van der Waals surface area (Å²) in [5, 5.41) is 12.5. The minimum Gasteiger partial charge on any atom is -0.461 e. The zero-order valence-electron chi connectivity index (χ0n) is 13.6. The first-order valence-corrected chi connectivity index (χ1v) is 8.65. The quantitative estimate of drug-likeness (QED) is 0.790. The average molecular weight is 363 g/mol. The fourth-order valence-corrected chi connectivity index (χ4v) is 2.87. The van der Waals surface area contributed by atoms with Crippen LogP contribution in [0.5, 0.6) is 0 Å². The van der Waals surface area contributed by atoms with E-state index in [0.29, 0.717) is 24.2 Å². The molecule has 9 nitrogen and oxygen atoms in total. The first-order valence-electron chi connectivity index (χ1n) is 7.78. The third-order valence-corrected chi connectivity index (χ3v) is 4.19. The summed E-state index contributed by atoms with van der Waals surface area (Å²) >= 11 is 1.14. The lowest BCUT2D eigenvalue weighted by molar-refractivity contribution is 0.0520. The van der Waals surface area contributed by atoms with Crippen LogP contribution in [0, 0.1) is 0 Å². The number of hydrogen-bond acceptors (Lipinski definition) is 9. The molecule has 25 heavy (non-hydrogen) atoms. The van der Waals surface area contributed by atoms with Gasteiger partial charge in [-0.2, -0.15) is 0 Å². The van der Waals surface area contributed by atoms with Gasteiger partial charge in [-0.05, 0) is 19.1 Å². The molecular weight excluding hydrogens is 346 g/mol. The predicted octanol–water partition coefficient (Wildman–Crippen LogP) is 1.20. The number of esters is 1. The van der Waals surface area contributed by atoms with E-state index in [1.165, 1.54) is 5.38 Å². The van der Waals surface area contributed by atoms with Crippen LogP contribution in [-0.2, 0) is 9.47 Å². The van der Waals surface area contributed by atoms with Crippen molar-refractivity contribution in [2.75, 3.05) is 43.1 Å². The normalized spacial score (nSPS) is 14.2. The van der Waals surface area contributed by atoms with Gasteiger partial charge in [-0.3, -0.25) is 10.1 Å². The molecule has 0 unspecified atom stereocenters. The van der Waals surface area contributed by atoms with Crippen molar-refractivity contribution >= 4 is 34.2 Å². The summed E-state index contributed by atoms with van der Waals surface area (Å²) in [6.07, 6.45) is 0. The molecule has 1 N–H and O–H groups in total. The molecule has 0 saturated carbocycles. The van der Waals surface area contributed by atoms with Gasteiger partial charge in [0.2, 0.25) is 0 Å². The molecule has 0 aliphatic carbocycles. The molecular formula is C15H17N5O4S. The highest BCUT2D eigenvalue weighted by Crippen LogP contribution is 2.17. The molecule has 2 aromatic heterocycles. The second kappa shape index (κ2) is 7.99. The SMILES string of the molecule is CCOC(=O)c1csc(NC(=O)c2ccc(N3CCOCC3)nn2)n1. The molecule has 1 saturated heterocycles. The number of nitrogens with one attached hydrogen (secondary N) is 1. The van der Waals surface area contributed by atoms with Gasteiger partial charge in [0.25, 0.3) is 5.91 Å². The van der Waals surface area contributed by atoms with Crippen LogP contribution in [0.2, 0.25) is 0 Å². The first kappa shape index (κ1) is 17.2. The number of morpholine rings is 1. The molecule has 0 bridgehead atoms. The van der Waals surface area contributed by atoms with Crippen molar-refractivity contribution < 1.29 is 19.1 Å². The highest BCUT2D eigenvalue weighted by atomic mass is 32.1. The van der Waals surface area contributed by atoms with Crippen molar-refractivity contribution in [2.24, 2.45) is 0 Å². The monoisotopic (exact) mass is 363 g/mol. The topological polar surface area (TPSA) is 107 Å². The maximum absolute atomic E-state index is 12.2. The van der Waals surface area contributed by atoms with E-state index in [9.17, 15) is 9.59 Å². The summed E-state index contributed by atoms with van der Waals surface area (Å²) in [5.41, 5.74) is 0.334. The number of carbonyl (C=O) groups is 2. The maximum Gasteiger partial charge on any atom is 0.357 e. The zero-order chi connectivity index (χ0) is 17.6. The van der Waals surface area contributed by atoms with Crippen LogP contribution >= 0.6 is 11.3 Å². The van der Waals surface area contributed by atoms with Crippen LogP contribution in [0.4, 0.5) is 10.9 Å². The van der Waals surface area contributed by atoms with E-state index in [1.54, 1.807) is 19.1 Å². The fraction of sp³-hybridized carbons (Fsp3) is 0.400. The van der Waals surface area contributed by atoms with E-state index in [1.807, 2.05) is 4.90 Å². The molecule has 1 aliphatic heterocycles. The Bertz CT molecular complexity index is 743. The van der Waals surface area contributed by atoms with Crippen molar-refractivity contribution in [1.29, 1.82) is 0 Å². The van der Waals surface area contributed by atoms with Gasteiger partial charge in [-0.1, -0.05) is 0 Å². The van der Waals surface area contributed by atoms with E-state index < -0.39 is 11.9 Å². The summed E-state index contributed by atoms with van der Waals surface area (Å²) in [6, 6.07) is 3.35. The summed E-state index contributed by atoms with van der Waals surface area (Å²) in [5.74, 6) is -0.251. The molecule has 1 amide bonds. The summed E-state index contributed by atoms with van der Waals surface area (Å²) in [7, 11) is 0. The number of hydrogen-bond donors (Lipinski definition) is 1. The standard InChI is InChI=1S/C15H17N5O4S/c1-2-24-14(22)11-9-25-15(16-11)17-13(21)10-3-4-12(19-18-10)20-5-7-23-8-6-20/h3-4,9H,2,5-8H2,1H3,(H,16,17,21). The number of aromatic nitrogens is 3. The van der Waals surface area contributed by atoms with Gasteiger partial charge in [0.1, 0.15) is 0 Å². The summed E-state index contributed by atoms with van der Waals surface area (Å²) in [4.78, 5) is 29.9. The Morgan fingerprint density at radius 3 is 2.76 bits per heavy atom. The molecule has 10 heteroatoms. The second-order valence-electron chi connectivity index (χ2n) is 5.09. The molecule has 3 rings (SSSR count). The van der Waals surface area contributed by atoms with Gasteiger partial charge in [-0.15, -0.1) is 21.5 Å². The zero-order valence-corrected chi connectivity index (χ0v) is 14.4. The van der Waals surface area contributed by atoms with E-state index in [4.69, 9.17) is 9.47 Å². The van der Waals surface area contributed by atoms with Crippen LogP contribution in [0.25, 0.3) is 0 Å². The van der Waals surface area contributed by atoms with Crippen molar-refractivity contribution in [3.8, 4) is 0 Å². The lowest BCUT2D eigenvalue weighted by Gasteiger charge is -2.27. The molecule has 1 fully saturated rings. The van der Waals surface area contributed by atoms with Gasteiger partial charge in [0.05, 0.1) is 19.8 Å². The molecule has 0 radical (unpaired) electrons. The molecule has 2 aromatic rings. The van der Waals surface area contributed by atoms with Gasteiger partial charge < -0.3 is 14.4 Å². The smallest absolute Gasteiger partial charge is 0.357 e. The van der Waals surface area contributed by atoms with Gasteiger partial charge in [-0.25, -0.2) is 9.78 Å². The average Bonchev–Trinajstić information content (AvgIpc) is 3.11. The fourth-order valence-electron chi connectivity index (χ4n) is 2.20. The van der Waals surface area contributed by atoms with Gasteiger partial charge in [0, 0.05) is 18.5 Å². The Balaban J connectivity index is 1.62. The van der Waals surface area contributed by atoms with Crippen molar-refractivity contribution in [3.63, 3.8) is 0 Å². The number of rotatable bonds is 5. The van der Waals surface area contributed by atoms with Gasteiger partial charge in [0.15, 0.2) is 22.3 Å². The molecule has 0 aromatic carbocycles. The minimum atomic E-state index is -0.520. The number of thiazole rings is 1.